The zero-order chi connectivity index (χ0) is 33.9. The van der Waals surface area contributed by atoms with Crippen molar-refractivity contribution in [1.82, 2.24) is 25.0 Å². The Bertz CT molecular complexity index is 1170. The van der Waals surface area contributed by atoms with Gasteiger partial charge in [0.2, 0.25) is 0 Å². The second-order valence-electron chi connectivity index (χ2n) is 8.42. The first-order valence-electron chi connectivity index (χ1n) is 11.2. The van der Waals surface area contributed by atoms with E-state index in [2.05, 4.69) is 33.9 Å². The van der Waals surface area contributed by atoms with Crippen LogP contribution in [-0.4, -0.2) is 95.7 Å². The zero-order valence-corrected chi connectivity index (χ0v) is 22.2. The van der Waals surface area contributed by atoms with Crippen LogP contribution in [0.15, 0.2) is 24.4 Å². The Kier molecular flexibility index (Phi) is 14.1. The number of aromatic nitrogens is 3. The predicted octanol–water partition coefficient (Wildman–Crippen LogP) is 3.70. The summed E-state index contributed by atoms with van der Waals surface area (Å²) < 4.78 is 95.2. The van der Waals surface area contributed by atoms with Crippen LogP contribution in [-0.2, 0) is 34.0 Å². The Labute approximate surface area is 235 Å². The Morgan fingerprint density at radius 1 is 0.884 bits per heavy atom. The fraction of sp³-hybridized carbons (Fsp3) is 0.455. The molecule has 0 saturated carbocycles. The number of carboxylic acid groups (broad SMARTS) is 3. The highest BCUT2D eigenvalue weighted by atomic mass is 19.4. The third-order valence-electron chi connectivity index (χ3n) is 4.81. The first-order valence-corrected chi connectivity index (χ1v) is 11.2. The number of pyridine rings is 1. The van der Waals surface area contributed by atoms with E-state index in [0.717, 1.165) is 30.0 Å². The number of halogens is 9. The second-order valence-corrected chi connectivity index (χ2v) is 8.42. The Balaban J connectivity index is 0.000000690. The van der Waals surface area contributed by atoms with Crippen molar-refractivity contribution in [3.8, 4) is 0 Å². The maximum atomic E-state index is 12.6. The van der Waals surface area contributed by atoms with Gasteiger partial charge in [-0.2, -0.15) is 44.6 Å². The van der Waals surface area contributed by atoms with E-state index in [1.165, 1.54) is 0 Å². The van der Waals surface area contributed by atoms with Gasteiger partial charge in [-0.05, 0) is 26.0 Å². The van der Waals surface area contributed by atoms with Gasteiger partial charge in [-0.25, -0.2) is 14.4 Å². The van der Waals surface area contributed by atoms with Crippen LogP contribution in [0.5, 0.6) is 0 Å². The van der Waals surface area contributed by atoms with E-state index in [1.807, 2.05) is 18.2 Å². The second kappa shape index (κ2) is 15.7. The molecule has 1 aliphatic heterocycles. The van der Waals surface area contributed by atoms with Crippen LogP contribution in [0.2, 0.25) is 0 Å². The molecule has 12 nitrogen and oxygen atoms in total. The molecule has 2 aromatic rings. The predicted molar refractivity (Wildman–Crippen MR) is 124 cm³/mol. The van der Waals surface area contributed by atoms with Gasteiger partial charge < -0.3 is 20.2 Å². The number of H-pyrrole nitrogens is 1. The summed E-state index contributed by atoms with van der Waals surface area (Å²) in [5.74, 6) is -8.33. The molecule has 0 atom stereocenters. The van der Waals surface area contributed by atoms with Crippen LogP contribution in [0.1, 0.15) is 41.3 Å². The van der Waals surface area contributed by atoms with Gasteiger partial charge in [0.05, 0.1) is 17.9 Å². The number of hydrogen-bond donors (Lipinski definition) is 4. The molecule has 0 aliphatic carbocycles. The number of fused-ring (bicyclic) bond motifs is 1. The molecule has 0 aromatic carbocycles. The van der Waals surface area contributed by atoms with Crippen molar-refractivity contribution in [2.45, 2.75) is 58.1 Å². The lowest BCUT2D eigenvalue weighted by Gasteiger charge is -2.20. The maximum Gasteiger partial charge on any atom is 0.490 e. The maximum absolute atomic E-state index is 12.6. The zero-order valence-electron chi connectivity index (χ0n) is 22.2. The SMILES string of the molecule is CC(C)N1Cc2[nH]nc(C(=O)N(C)Cc3ccccn3)c2C1.O=C(O)C(F)(F)F.O=C(O)C(F)(F)F.O=C(O)C(F)(F)F. The normalized spacial score (nSPS) is 12.9. The average Bonchev–Trinajstić information content (AvgIpc) is 3.45. The number of amides is 1. The summed E-state index contributed by atoms with van der Waals surface area (Å²) in [4.78, 5) is 47.6. The highest BCUT2D eigenvalue weighted by Crippen LogP contribution is 2.26. The van der Waals surface area contributed by atoms with E-state index in [9.17, 15) is 44.3 Å². The van der Waals surface area contributed by atoms with Crippen LogP contribution in [0, 0.1) is 0 Å². The Morgan fingerprint density at radius 2 is 1.33 bits per heavy atom. The molecule has 21 heteroatoms. The summed E-state index contributed by atoms with van der Waals surface area (Å²) in [6.07, 6.45) is -13.5. The van der Waals surface area contributed by atoms with Gasteiger partial charge in [-0.15, -0.1) is 0 Å². The average molecular weight is 641 g/mol. The molecule has 1 amide bonds. The van der Waals surface area contributed by atoms with Crippen LogP contribution >= 0.6 is 0 Å². The van der Waals surface area contributed by atoms with Crippen molar-refractivity contribution in [1.29, 1.82) is 0 Å². The number of rotatable bonds is 4. The van der Waals surface area contributed by atoms with E-state index in [1.54, 1.807) is 18.1 Å². The largest absolute Gasteiger partial charge is 0.490 e. The van der Waals surface area contributed by atoms with Gasteiger partial charge in [0.15, 0.2) is 5.69 Å². The summed E-state index contributed by atoms with van der Waals surface area (Å²) in [6, 6.07) is 6.16. The lowest BCUT2D eigenvalue weighted by atomic mass is 10.2. The first kappa shape index (κ1) is 38.6. The summed E-state index contributed by atoms with van der Waals surface area (Å²) in [7, 11) is 1.78. The minimum absolute atomic E-state index is 0.0613. The molecule has 3 rings (SSSR count). The highest BCUT2D eigenvalue weighted by Gasteiger charge is 2.39. The topological polar surface area (TPSA) is 177 Å². The molecule has 3 heterocycles. The molecule has 1 aliphatic rings. The van der Waals surface area contributed by atoms with Gasteiger partial charge in [0.25, 0.3) is 5.91 Å². The minimum Gasteiger partial charge on any atom is -0.475 e. The number of nitrogens with zero attached hydrogens (tertiary/aromatic N) is 4. The fourth-order valence-corrected chi connectivity index (χ4v) is 2.69. The summed E-state index contributed by atoms with van der Waals surface area (Å²) in [6.45, 7) is 6.41. The molecule has 0 unspecified atom stereocenters. The Morgan fingerprint density at radius 3 is 1.67 bits per heavy atom. The number of aliphatic carboxylic acids is 3. The van der Waals surface area contributed by atoms with Crippen molar-refractivity contribution in [3.63, 3.8) is 0 Å². The van der Waals surface area contributed by atoms with E-state index in [-0.39, 0.29) is 5.91 Å². The highest BCUT2D eigenvalue weighted by molar-refractivity contribution is 5.94. The van der Waals surface area contributed by atoms with Crippen molar-refractivity contribution >= 4 is 23.8 Å². The lowest BCUT2D eigenvalue weighted by Crippen LogP contribution is -2.29. The quantitative estimate of drug-likeness (QED) is 0.360. The van der Waals surface area contributed by atoms with Gasteiger partial charge in [-0.1, -0.05) is 6.07 Å². The third-order valence-corrected chi connectivity index (χ3v) is 4.81. The third kappa shape index (κ3) is 13.9. The Hall–Kier alpha value is -4.43. The molecule has 0 spiro atoms. The van der Waals surface area contributed by atoms with Crippen LogP contribution in [0.4, 0.5) is 39.5 Å². The number of nitrogens with one attached hydrogen (secondary N) is 1. The smallest absolute Gasteiger partial charge is 0.475 e. The number of carboxylic acids is 3. The standard InChI is InChI=1S/C16H21N5O.3C2HF3O2/c1-11(2)21-9-13-14(10-21)18-19-15(13)16(22)20(3)8-12-6-4-5-7-17-12;3*3-2(4,5)1(6)7/h4-7,11H,8-10H2,1-3H3,(H,18,19);3*(H,6,7). The number of alkyl halides is 9. The van der Waals surface area contributed by atoms with Gasteiger partial charge in [0, 0.05) is 37.9 Å². The van der Waals surface area contributed by atoms with Crippen molar-refractivity contribution in [2.75, 3.05) is 7.05 Å². The number of carbonyl (C=O) groups is 4. The molecule has 0 fully saturated rings. The monoisotopic (exact) mass is 641 g/mol. The van der Waals surface area contributed by atoms with Gasteiger partial charge >= 0.3 is 36.4 Å². The van der Waals surface area contributed by atoms with Crippen LogP contribution in [0.3, 0.4) is 0 Å². The summed E-state index contributed by atoms with van der Waals surface area (Å²) >= 11 is 0. The van der Waals surface area contributed by atoms with Crippen molar-refractivity contribution in [3.05, 3.63) is 47.0 Å². The van der Waals surface area contributed by atoms with Crippen LogP contribution in [0.25, 0.3) is 0 Å². The van der Waals surface area contributed by atoms with E-state index in [0.29, 0.717) is 18.3 Å². The molecule has 0 bridgehead atoms. The van der Waals surface area contributed by atoms with Crippen molar-refractivity contribution < 1.29 is 74.0 Å². The molecule has 2 aromatic heterocycles. The fourth-order valence-electron chi connectivity index (χ4n) is 2.69. The minimum atomic E-state index is -5.08. The van der Waals surface area contributed by atoms with Crippen molar-refractivity contribution in [2.24, 2.45) is 0 Å². The van der Waals surface area contributed by atoms with Crippen LogP contribution < -0.4 is 0 Å². The van der Waals surface area contributed by atoms with Gasteiger partial charge in [0.1, 0.15) is 0 Å². The van der Waals surface area contributed by atoms with E-state index >= 15 is 0 Å². The summed E-state index contributed by atoms with van der Waals surface area (Å²) in [5, 5.41) is 28.6. The number of aromatic amines is 1. The number of carbonyl (C=O) groups excluding carboxylic acids is 1. The molecular weight excluding hydrogens is 617 g/mol. The molecule has 0 radical (unpaired) electrons. The first-order chi connectivity index (χ1) is 19.4. The summed E-state index contributed by atoms with van der Waals surface area (Å²) in [5.41, 5.74) is 3.50. The number of hydrogen-bond acceptors (Lipinski definition) is 7. The van der Waals surface area contributed by atoms with Gasteiger partial charge in [-0.3, -0.25) is 19.8 Å². The van der Waals surface area contributed by atoms with E-state index in [4.69, 9.17) is 29.7 Å². The molecule has 43 heavy (non-hydrogen) atoms. The molecular formula is C22H24F9N5O7. The molecule has 4 N–H and O–H groups in total. The molecule has 242 valence electrons. The lowest BCUT2D eigenvalue weighted by molar-refractivity contribution is -0.193. The molecule has 0 saturated heterocycles. The van der Waals surface area contributed by atoms with E-state index < -0.39 is 36.4 Å².